The lowest BCUT2D eigenvalue weighted by Crippen LogP contribution is -2.45. The third kappa shape index (κ3) is 5.82. The molecule has 1 heterocycles. The highest BCUT2D eigenvalue weighted by Crippen LogP contribution is 2.19. The standard InChI is InChI=1S/C17H34N2O/c1-5-8-15(9-6-2)17(20)19(12-14(3)4)13-16-10-7-11-18-16/h14-16,18H,5-13H2,1-4H3. The van der Waals surface area contributed by atoms with E-state index in [0.29, 0.717) is 17.9 Å². The Morgan fingerprint density at radius 2 is 1.90 bits per heavy atom. The van der Waals surface area contributed by atoms with Crippen molar-refractivity contribution < 1.29 is 4.79 Å². The summed E-state index contributed by atoms with van der Waals surface area (Å²) in [4.78, 5) is 15.0. The molecule has 118 valence electrons. The van der Waals surface area contributed by atoms with E-state index in [9.17, 15) is 4.79 Å². The van der Waals surface area contributed by atoms with E-state index in [2.05, 4.69) is 37.9 Å². The third-order valence-corrected chi connectivity index (χ3v) is 4.12. The molecule has 3 heteroatoms. The van der Waals surface area contributed by atoms with Crippen molar-refractivity contribution in [2.24, 2.45) is 11.8 Å². The van der Waals surface area contributed by atoms with Gasteiger partial charge in [-0.3, -0.25) is 4.79 Å². The fourth-order valence-electron chi connectivity index (χ4n) is 3.22. The van der Waals surface area contributed by atoms with Crippen molar-refractivity contribution in [3.63, 3.8) is 0 Å². The Balaban J connectivity index is 2.64. The lowest BCUT2D eigenvalue weighted by atomic mass is 9.96. The van der Waals surface area contributed by atoms with Crippen molar-refractivity contribution in [3.05, 3.63) is 0 Å². The number of carbonyl (C=O) groups excluding carboxylic acids is 1. The summed E-state index contributed by atoms with van der Waals surface area (Å²) in [7, 11) is 0. The Morgan fingerprint density at radius 1 is 1.25 bits per heavy atom. The average Bonchev–Trinajstić information content (AvgIpc) is 2.89. The number of carbonyl (C=O) groups is 1. The van der Waals surface area contributed by atoms with Crippen LogP contribution in [0.3, 0.4) is 0 Å². The minimum Gasteiger partial charge on any atom is -0.341 e. The molecule has 1 aliphatic heterocycles. The predicted molar refractivity (Wildman–Crippen MR) is 85.7 cm³/mol. The average molecular weight is 282 g/mol. The van der Waals surface area contributed by atoms with E-state index in [0.717, 1.165) is 45.3 Å². The Kier molecular flexibility index (Phi) is 8.20. The highest BCUT2D eigenvalue weighted by Gasteiger charge is 2.26. The van der Waals surface area contributed by atoms with Crippen molar-refractivity contribution in [2.75, 3.05) is 19.6 Å². The molecule has 0 aromatic carbocycles. The highest BCUT2D eigenvalue weighted by atomic mass is 16.2. The van der Waals surface area contributed by atoms with Crippen molar-refractivity contribution >= 4 is 5.91 Å². The van der Waals surface area contributed by atoms with Gasteiger partial charge >= 0.3 is 0 Å². The Labute approximate surface area is 125 Å². The zero-order valence-corrected chi connectivity index (χ0v) is 14.0. The third-order valence-electron chi connectivity index (χ3n) is 4.12. The van der Waals surface area contributed by atoms with Gasteiger partial charge in [0.25, 0.3) is 0 Å². The molecule has 0 aromatic rings. The maximum atomic E-state index is 12.8. The number of amides is 1. The zero-order valence-electron chi connectivity index (χ0n) is 14.0. The van der Waals surface area contributed by atoms with Crippen LogP contribution in [0.15, 0.2) is 0 Å². The molecule has 0 saturated carbocycles. The van der Waals surface area contributed by atoms with Crippen LogP contribution in [0.4, 0.5) is 0 Å². The minimum atomic E-state index is 0.241. The Hall–Kier alpha value is -0.570. The molecule has 0 spiro atoms. The molecule has 1 aliphatic rings. The van der Waals surface area contributed by atoms with Gasteiger partial charge in [0.2, 0.25) is 5.91 Å². The van der Waals surface area contributed by atoms with Gasteiger partial charge in [-0.2, -0.15) is 0 Å². The summed E-state index contributed by atoms with van der Waals surface area (Å²) in [6, 6.07) is 0.515. The van der Waals surface area contributed by atoms with E-state index in [1.54, 1.807) is 0 Å². The quantitative estimate of drug-likeness (QED) is 0.702. The minimum absolute atomic E-state index is 0.241. The van der Waals surface area contributed by atoms with E-state index in [1.165, 1.54) is 12.8 Å². The van der Waals surface area contributed by atoms with Gasteiger partial charge in [-0.05, 0) is 38.1 Å². The monoisotopic (exact) mass is 282 g/mol. The molecular weight excluding hydrogens is 248 g/mol. The molecule has 0 radical (unpaired) electrons. The van der Waals surface area contributed by atoms with Crippen LogP contribution in [0, 0.1) is 11.8 Å². The van der Waals surface area contributed by atoms with Crippen LogP contribution < -0.4 is 5.32 Å². The number of hydrogen-bond acceptors (Lipinski definition) is 2. The second-order valence-electron chi connectivity index (χ2n) is 6.70. The summed E-state index contributed by atoms with van der Waals surface area (Å²) in [5, 5.41) is 3.52. The van der Waals surface area contributed by atoms with E-state index in [1.807, 2.05) is 0 Å². The first-order valence-electron chi connectivity index (χ1n) is 8.60. The van der Waals surface area contributed by atoms with Crippen molar-refractivity contribution in [3.8, 4) is 0 Å². The maximum absolute atomic E-state index is 12.8. The Bertz CT molecular complexity index is 266. The molecule has 1 atom stereocenters. The van der Waals surface area contributed by atoms with Crippen molar-refractivity contribution in [2.45, 2.75) is 72.3 Å². The van der Waals surface area contributed by atoms with Crippen LogP contribution in [-0.2, 0) is 4.79 Å². The van der Waals surface area contributed by atoms with Crippen LogP contribution >= 0.6 is 0 Å². The summed E-state index contributed by atoms with van der Waals surface area (Å²) < 4.78 is 0. The largest absolute Gasteiger partial charge is 0.341 e. The zero-order chi connectivity index (χ0) is 15.0. The summed E-state index contributed by atoms with van der Waals surface area (Å²) in [6.07, 6.45) is 6.76. The van der Waals surface area contributed by atoms with Gasteiger partial charge in [0.1, 0.15) is 0 Å². The first-order chi connectivity index (χ1) is 9.58. The highest BCUT2D eigenvalue weighted by molar-refractivity contribution is 5.78. The topological polar surface area (TPSA) is 32.3 Å². The number of nitrogens with zero attached hydrogens (tertiary/aromatic N) is 1. The lowest BCUT2D eigenvalue weighted by molar-refractivity contribution is -0.137. The smallest absolute Gasteiger partial charge is 0.225 e. The van der Waals surface area contributed by atoms with Crippen molar-refractivity contribution in [1.82, 2.24) is 10.2 Å². The summed E-state index contributed by atoms with van der Waals surface area (Å²) in [6.45, 7) is 11.7. The van der Waals surface area contributed by atoms with Crippen LogP contribution in [-0.4, -0.2) is 36.5 Å². The molecule has 0 aromatic heterocycles. The molecule has 1 amide bonds. The van der Waals surface area contributed by atoms with Gasteiger partial charge in [0, 0.05) is 25.0 Å². The first-order valence-corrected chi connectivity index (χ1v) is 8.60. The molecule has 1 fully saturated rings. The molecule has 0 aliphatic carbocycles. The van der Waals surface area contributed by atoms with E-state index < -0.39 is 0 Å². The van der Waals surface area contributed by atoms with Crippen molar-refractivity contribution in [1.29, 1.82) is 0 Å². The van der Waals surface area contributed by atoms with Gasteiger partial charge in [-0.1, -0.05) is 40.5 Å². The van der Waals surface area contributed by atoms with Crippen LogP contribution in [0.1, 0.15) is 66.2 Å². The normalized spacial score (nSPS) is 19.0. The van der Waals surface area contributed by atoms with Gasteiger partial charge in [-0.15, -0.1) is 0 Å². The summed E-state index contributed by atoms with van der Waals surface area (Å²) in [5.41, 5.74) is 0. The van der Waals surface area contributed by atoms with Crippen LogP contribution in [0.2, 0.25) is 0 Å². The van der Waals surface area contributed by atoms with Gasteiger partial charge in [-0.25, -0.2) is 0 Å². The molecule has 1 saturated heterocycles. The number of rotatable bonds is 9. The van der Waals surface area contributed by atoms with Gasteiger partial charge < -0.3 is 10.2 Å². The molecule has 0 bridgehead atoms. The molecular formula is C17H34N2O. The number of nitrogens with one attached hydrogen (secondary N) is 1. The SMILES string of the molecule is CCCC(CCC)C(=O)N(CC(C)C)CC1CCCN1. The molecule has 1 unspecified atom stereocenters. The molecule has 1 rings (SSSR count). The second kappa shape index (κ2) is 9.38. The van der Waals surface area contributed by atoms with E-state index in [-0.39, 0.29) is 5.92 Å². The Morgan fingerprint density at radius 3 is 2.35 bits per heavy atom. The molecule has 1 N–H and O–H groups in total. The van der Waals surface area contributed by atoms with Gasteiger partial charge in [0.15, 0.2) is 0 Å². The summed E-state index contributed by atoms with van der Waals surface area (Å²) in [5.74, 6) is 1.19. The lowest BCUT2D eigenvalue weighted by Gasteiger charge is -2.31. The fraction of sp³-hybridized carbons (Fsp3) is 0.941. The van der Waals surface area contributed by atoms with Crippen LogP contribution in [0.5, 0.6) is 0 Å². The second-order valence-corrected chi connectivity index (χ2v) is 6.70. The number of hydrogen-bond donors (Lipinski definition) is 1. The summed E-state index contributed by atoms with van der Waals surface area (Å²) >= 11 is 0. The molecule has 3 nitrogen and oxygen atoms in total. The van der Waals surface area contributed by atoms with Gasteiger partial charge in [0.05, 0.1) is 0 Å². The van der Waals surface area contributed by atoms with Crippen LogP contribution in [0.25, 0.3) is 0 Å². The van der Waals surface area contributed by atoms with E-state index >= 15 is 0 Å². The predicted octanol–water partition coefficient (Wildman–Crippen LogP) is 3.44. The fourth-order valence-corrected chi connectivity index (χ4v) is 3.22. The first kappa shape index (κ1) is 17.5. The molecule has 20 heavy (non-hydrogen) atoms. The maximum Gasteiger partial charge on any atom is 0.225 e. The van der Waals surface area contributed by atoms with E-state index in [4.69, 9.17) is 0 Å².